The third-order valence-corrected chi connectivity index (χ3v) is 2.60. The predicted octanol–water partition coefficient (Wildman–Crippen LogP) is 2.80. The van der Waals surface area contributed by atoms with Crippen molar-refractivity contribution in [3.8, 4) is 0 Å². The van der Waals surface area contributed by atoms with Gasteiger partial charge >= 0.3 is 6.18 Å². The smallest absolute Gasteiger partial charge is 0.326 e. The van der Waals surface area contributed by atoms with Gasteiger partial charge in [-0.15, -0.1) is 11.8 Å². The largest absolute Gasteiger partial charge is 0.398 e. The van der Waals surface area contributed by atoms with Crippen LogP contribution >= 0.6 is 11.8 Å². The molecule has 0 fully saturated rings. The normalized spacial score (nSPS) is 11.7. The first-order valence-electron chi connectivity index (χ1n) is 4.00. The minimum absolute atomic E-state index is 0.348. The van der Waals surface area contributed by atoms with Crippen molar-refractivity contribution in [2.45, 2.75) is 17.6 Å². The van der Waals surface area contributed by atoms with Crippen molar-refractivity contribution in [1.82, 2.24) is 0 Å². The van der Waals surface area contributed by atoms with Crippen LogP contribution in [0.4, 0.5) is 13.2 Å². The molecule has 0 aliphatic rings. The van der Waals surface area contributed by atoms with E-state index in [0.717, 1.165) is 17.3 Å². The molecular weight excluding hydrogens is 211 g/mol. The Bertz CT molecular complexity index is 298. The van der Waals surface area contributed by atoms with Crippen LogP contribution < -0.4 is 5.73 Å². The van der Waals surface area contributed by atoms with E-state index in [4.69, 9.17) is 5.73 Å². The van der Waals surface area contributed by atoms with Gasteiger partial charge < -0.3 is 5.73 Å². The summed E-state index contributed by atoms with van der Waals surface area (Å²) in [4.78, 5) is 0.602. The summed E-state index contributed by atoms with van der Waals surface area (Å²) in [6, 6.07) is 6.82. The van der Waals surface area contributed by atoms with Gasteiger partial charge in [0, 0.05) is 11.4 Å². The van der Waals surface area contributed by atoms with Gasteiger partial charge in [-0.25, -0.2) is 0 Å². The molecule has 1 rings (SSSR count). The average Bonchev–Trinajstić information content (AvgIpc) is 2.14. The highest BCUT2D eigenvalue weighted by atomic mass is 32.2. The number of thioether (sulfide) groups is 1. The number of benzene rings is 1. The van der Waals surface area contributed by atoms with Crippen molar-refractivity contribution in [2.24, 2.45) is 5.73 Å². The van der Waals surface area contributed by atoms with Crippen LogP contribution in [-0.4, -0.2) is 11.9 Å². The fourth-order valence-electron chi connectivity index (χ4n) is 0.927. The molecule has 0 aliphatic heterocycles. The zero-order chi connectivity index (χ0) is 10.6. The second kappa shape index (κ2) is 4.70. The minimum Gasteiger partial charge on any atom is -0.326 e. The third-order valence-electron chi connectivity index (χ3n) is 1.54. The lowest BCUT2D eigenvalue weighted by Gasteiger charge is -2.06. The summed E-state index contributed by atoms with van der Waals surface area (Å²) in [5, 5.41) is 0. The highest BCUT2D eigenvalue weighted by molar-refractivity contribution is 7.99. The molecule has 0 spiro atoms. The molecule has 78 valence electrons. The Hall–Kier alpha value is -0.680. The molecule has 0 atom stereocenters. The van der Waals surface area contributed by atoms with E-state index in [-0.39, 0.29) is 0 Å². The van der Waals surface area contributed by atoms with Crippen LogP contribution in [0.1, 0.15) is 5.56 Å². The van der Waals surface area contributed by atoms with Crippen LogP contribution in [0.3, 0.4) is 0 Å². The summed E-state index contributed by atoms with van der Waals surface area (Å²) < 4.78 is 35.6. The van der Waals surface area contributed by atoms with Gasteiger partial charge in [-0.1, -0.05) is 12.1 Å². The number of rotatable bonds is 3. The maximum atomic E-state index is 11.9. The molecule has 0 saturated carbocycles. The first-order valence-corrected chi connectivity index (χ1v) is 4.98. The summed E-state index contributed by atoms with van der Waals surface area (Å²) in [5.41, 5.74) is 6.21. The molecule has 5 heteroatoms. The van der Waals surface area contributed by atoms with Crippen LogP contribution in [0.15, 0.2) is 29.2 Å². The number of alkyl halides is 3. The molecule has 1 nitrogen and oxygen atoms in total. The second-order valence-electron chi connectivity index (χ2n) is 2.76. The van der Waals surface area contributed by atoms with Crippen LogP contribution in [0.2, 0.25) is 0 Å². The van der Waals surface area contributed by atoms with Gasteiger partial charge in [0.2, 0.25) is 0 Å². The van der Waals surface area contributed by atoms with Crippen LogP contribution in [0.5, 0.6) is 0 Å². The lowest BCUT2D eigenvalue weighted by Crippen LogP contribution is -2.10. The topological polar surface area (TPSA) is 26.0 Å². The molecule has 1 aromatic rings. The van der Waals surface area contributed by atoms with E-state index < -0.39 is 11.9 Å². The Labute approximate surface area is 84.5 Å². The molecule has 14 heavy (non-hydrogen) atoms. The molecule has 0 aromatic heterocycles. The second-order valence-corrected chi connectivity index (χ2v) is 3.80. The Morgan fingerprint density at radius 3 is 2.57 bits per heavy atom. The van der Waals surface area contributed by atoms with Crippen LogP contribution in [-0.2, 0) is 6.54 Å². The van der Waals surface area contributed by atoms with Crippen molar-refractivity contribution in [2.75, 3.05) is 5.75 Å². The molecule has 0 amide bonds. The van der Waals surface area contributed by atoms with Crippen molar-refractivity contribution < 1.29 is 13.2 Å². The van der Waals surface area contributed by atoms with Crippen molar-refractivity contribution in [3.05, 3.63) is 29.8 Å². The number of halogens is 3. The van der Waals surface area contributed by atoms with Crippen LogP contribution in [0.25, 0.3) is 0 Å². The highest BCUT2D eigenvalue weighted by Gasteiger charge is 2.27. The van der Waals surface area contributed by atoms with E-state index in [1.54, 1.807) is 24.3 Å². The fourth-order valence-corrected chi connectivity index (χ4v) is 1.67. The molecule has 1 aromatic carbocycles. The summed E-state index contributed by atoms with van der Waals surface area (Å²) in [6.45, 7) is 0.348. The Balaban J connectivity index is 2.59. The van der Waals surface area contributed by atoms with E-state index in [9.17, 15) is 13.2 Å². The van der Waals surface area contributed by atoms with Gasteiger partial charge in [0.25, 0.3) is 0 Å². The first-order chi connectivity index (χ1) is 6.51. The average molecular weight is 221 g/mol. The van der Waals surface area contributed by atoms with E-state index in [0.29, 0.717) is 11.4 Å². The summed E-state index contributed by atoms with van der Waals surface area (Å²) in [5.74, 6) is -0.860. The summed E-state index contributed by atoms with van der Waals surface area (Å²) in [6.07, 6.45) is -4.12. The van der Waals surface area contributed by atoms with Gasteiger partial charge in [0.05, 0.1) is 5.75 Å². The van der Waals surface area contributed by atoms with Gasteiger partial charge in [0.15, 0.2) is 0 Å². The molecule has 0 radical (unpaired) electrons. The molecule has 2 N–H and O–H groups in total. The number of hydrogen-bond acceptors (Lipinski definition) is 2. The van der Waals surface area contributed by atoms with Crippen molar-refractivity contribution in [1.29, 1.82) is 0 Å². The maximum absolute atomic E-state index is 11.9. The maximum Gasteiger partial charge on any atom is 0.398 e. The zero-order valence-corrected chi connectivity index (χ0v) is 8.16. The molecule has 0 aliphatic carbocycles. The van der Waals surface area contributed by atoms with E-state index in [1.807, 2.05) is 0 Å². The minimum atomic E-state index is -4.12. The summed E-state index contributed by atoms with van der Waals surface area (Å²) >= 11 is 0.776. The Morgan fingerprint density at radius 1 is 1.29 bits per heavy atom. The van der Waals surface area contributed by atoms with Gasteiger partial charge in [0.1, 0.15) is 0 Å². The summed E-state index contributed by atoms with van der Waals surface area (Å²) in [7, 11) is 0. The third kappa shape index (κ3) is 4.02. The quantitative estimate of drug-likeness (QED) is 0.794. The van der Waals surface area contributed by atoms with Gasteiger partial charge in [-0.3, -0.25) is 0 Å². The molecule has 0 bridgehead atoms. The lowest BCUT2D eigenvalue weighted by atomic mass is 10.2. The first kappa shape index (κ1) is 11.4. The fraction of sp³-hybridized carbons (Fsp3) is 0.333. The zero-order valence-electron chi connectivity index (χ0n) is 7.34. The molecule has 0 unspecified atom stereocenters. The molecule has 0 saturated heterocycles. The molecular formula is C9H10F3NS. The van der Waals surface area contributed by atoms with E-state index in [2.05, 4.69) is 0 Å². The monoisotopic (exact) mass is 221 g/mol. The van der Waals surface area contributed by atoms with Crippen molar-refractivity contribution in [3.63, 3.8) is 0 Å². The van der Waals surface area contributed by atoms with E-state index in [1.165, 1.54) is 0 Å². The predicted molar refractivity (Wildman–Crippen MR) is 51.1 cm³/mol. The van der Waals surface area contributed by atoms with Gasteiger partial charge in [-0.2, -0.15) is 13.2 Å². The standard InChI is InChI=1S/C9H10F3NS/c10-9(11,12)6-14-8-3-1-2-7(4-8)5-13/h1-4H,5-6,13H2. The van der Waals surface area contributed by atoms with Crippen LogP contribution in [0, 0.1) is 0 Å². The molecule has 0 heterocycles. The number of nitrogens with two attached hydrogens (primary N) is 1. The Kier molecular flexibility index (Phi) is 3.83. The SMILES string of the molecule is NCc1cccc(SCC(F)(F)F)c1. The van der Waals surface area contributed by atoms with E-state index >= 15 is 0 Å². The Morgan fingerprint density at radius 2 is 2.00 bits per heavy atom. The highest BCUT2D eigenvalue weighted by Crippen LogP contribution is 2.27. The van der Waals surface area contributed by atoms with Gasteiger partial charge in [-0.05, 0) is 17.7 Å². The van der Waals surface area contributed by atoms with Crippen molar-refractivity contribution >= 4 is 11.8 Å². The lowest BCUT2D eigenvalue weighted by molar-refractivity contribution is -0.105. The number of hydrogen-bond donors (Lipinski definition) is 1.